The van der Waals surface area contributed by atoms with Gasteiger partial charge < -0.3 is 45.3 Å². The Bertz CT molecular complexity index is 912. The third-order valence-corrected chi connectivity index (χ3v) is 3.36. The number of aliphatic carboxylic acids is 1. The Balaban J connectivity index is -0.000000117. The minimum atomic E-state index is -1.49. The fraction of sp³-hybridized carbons (Fsp3) is 0.583. The average Bonchev–Trinajstić information content (AvgIpc) is 3.07. The van der Waals surface area contributed by atoms with Gasteiger partial charge in [0, 0.05) is 56.4 Å². The highest BCUT2D eigenvalue weighted by molar-refractivity contribution is 5.76. The second-order valence-electron chi connectivity index (χ2n) is 6.62. The van der Waals surface area contributed by atoms with E-state index in [1.165, 1.54) is 74.5 Å². The number of isocyanates is 3. The van der Waals surface area contributed by atoms with Crippen molar-refractivity contribution in [3.05, 3.63) is 6.58 Å². The van der Waals surface area contributed by atoms with Crippen molar-refractivity contribution in [1.82, 2.24) is 21.3 Å². The Morgan fingerprint density at radius 3 is 1.00 bits per heavy atom. The van der Waals surface area contributed by atoms with Gasteiger partial charge >= 0.3 is 30.3 Å². The fourth-order valence-corrected chi connectivity index (χ4v) is 1.17. The van der Waals surface area contributed by atoms with Crippen molar-refractivity contribution in [2.24, 2.45) is 25.4 Å². The number of carbonyl (C=O) groups is 5. The number of nitrogens with one attached hydrogen (secondary N) is 4. The van der Waals surface area contributed by atoms with Gasteiger partial charge in [0.15, 0.2) is 0 Å². The molecule has 0 saturated carbocycles. The standard InChI is InChI=1S/C9H16N2O6.C6H12N2O4.C3H5N.3C2H3NO/c1-9(6(12)13,4-16-7(14)10-2)5-17-8(15)11-3;1-7-5(9)11-3-4-12-6(10)8-2;1-3-4-2;3*1-3-2-4/h4-5H2,1-3H3,(H,10,14)(H,11,15)(H,12,13);3-4H2,1-2H3,(H,7,9)(H,8,10);1H2,2H3;3*1H3. The van der Waals surface area contributed by atoms with Crippen molar-refractivity contribution < 1.29 is 62.4 Å². The van der Waals surface area contributed by atoms with Gasteiger partial charge in [-0.15, -0.1) is 0 Å². The number of aliphatic imine (C=N–C) groups is 4. The number of nitrogens with zero attached hydrogens (tertiary/aromatic N) is 4. The van der Waals surface area contributed by atoms with Gasteiger partial charge in [-0.1, -0.05) is 0 Å². The van der Waals surface area contributed by atoms with Crippen molar-refractivity contribution >= 4 is 54.5 Å². The lowest BCUT2D eigenvalue weighted by Crippen LogP contribution is -2.40. The average molecular weight is 651 g/mol. The summed E-state index contributed by atoms with van der Waals surface area (Å²) < 4.78 is 18.3. The maximum atomic E-state index is 11.0. The molecule has 0 aliphatic rings. The molecule has 0 radical (unpaired) electrons. The predicted octanol–water partition coefficient (Wildman–Crippen LogP) is -0.184. The van der Waals surface area contributed by atoms with Crippen molar-refractivity contribution in [2.45, 2.75) is 6.92 Å². The third-order valence-electron chi connectivity index (χ3n) is 3.36. The number of carbonyl (C=O) groups excluding carboxylic acids is 7. The van der Waals surface area contributed by atoms with Crippen LogP contribution in [-0.2, 0) is 38.1 Å². The van der Waals surface area contributed by atoms with E-state index >= 15 is 0 Å². The molecule has 0 saturated heterocycles. The van der Waals surface area contributed by atoms with E-state index in [9.17, 15) is 24.0 Å². The number of alkyl carbamates (subject to hydrolysis) is 4. The summed E-state index contributed by atoms with van der Waals surface area (Å²) in [6.45, 7) is 3.78. The van der Waals surface area contributed by atoms with Crippen molar-refractivity contribution in [3.8, 4) is 0 Å². The molecule has 0 heterocycles. The van der Waals surface area contributed by atoms with Crippen LogP contribution in [0.2, 0.25) is 0 Å². The monoisotopic (exact) mass is 650 g/mol. The zero-order valence-corrected chi connectivity index (χ0v) is 26.7. The van der Waals surface area contributed by atoms with Crippen LogP contribution in [0, 0.1) is 5.41 Å². The fourth-order valence-electron chi connectivity index (χ4n) is 1.17. The molecule has 0 unspecified atom stereocenters. The summed E-state index contributed by atoms with van der Waals surface area (Å²) in [5.41, 5.74) is -1.49. The predicted molar refractivity (Wildman–Crippen MR) is 158 cm³/mol. The molecule has 0 aromatic carbocycles. The third kappa shape index (κ3) is 51.4. The van der Waals surface area contributed by atoms with Crippen LogP contribution in [0.5, 0.6) is 0 Å². The van der Waals surface area contributed by atoms with Crippen LogP contribution in [0.4, 0.5) is 19.2 Å². The Morgan fingerprint density at radius 2 is 0.844 bits per heavy atom. The van der Waals surface area contributed by atoms with Crippen molar-refractivity contribution in [2.75, 3.05) is 82.8 Å². The maximum Gasteiger partial charge on any atom is 0.406 e. The van der Waals surface area contributed by atoms with Crippen LogP contribution in [0.3, 0.4) is 0 Å². The van der Waals surface area contributed by atoms with E-state index < -0.39 is 49.0 Å². The molecule has 0 fully saturated rings. The smallest absolute Gasteiger partial charge is 0.406 e. The van der Waals surface area contributed by atoms with Gasteiger partial charge in [0.2, 0.25) is 18.2 Å². The number of ether oxygens (including phenoxy) is 4. The minimum Gasteiger partial charge on any atom is -0.481 e. The lowest BCUT2D eigenvalue weighted by atomic mass is 9.93. The molecule has 5 N–H and O–H groups in total. The first-order valence-corrected chi connectivity index (χ1v) is 11.8. The van der Waals surface area contributed by atoms with Crippen LogP contribution < -0.4 is 21.3 Å². The molecule has 45 heavy (non-hydrogen) atoms. The first kappa shape index (κ1) is 51.8. The summed E-state index contributed by atoms with van der Waals surface area (Å²) in [5.74, 6) is 1.07. The summed E-state index contributed by atoms with van der Waals surface area (Å²) in [7, 11) is 11.4. The quantitative estimate of drug-likeness (QED) is 0.0986. The molecule has 0 aromatic rings. The van der Waals surface area contributed by atoms with Crippen LogP contribution >= 0.6 is 0 Å². The van der Waals surface area contributed by atoms with Crippen molar-refractivity contribution in [1.29, 1.82) is 0 Å². The normalized spacial score (nSPS) is 7.67. The second kappa shape index (κ2) is 42.6. The van der Waals surface area contributed by atoms with Gasteiger partial charge in [0.1, 0.15) is 31.8 Å². The topological polar surface area (TPSA) is 291 Å². The summed E-state index contributed by atoms with van der Waals surface area (Å²) in [6, 6.07) is 0. The molecule has 0 spiro atoms. The van der Waals surface area contributed by atoms with Gasteiger partial charge in [-0.25, -0.2) is 53.5 Å². The number of hydrogen-bond donors (Lipinski definition) is 5. The van der Waals surface area contributed by atoms with E-state index in [0.717, 1.165) is 0 Å². The van der Waals surface area contributed by atoms with Gasteiger partial charge in [0.25, 0.3) is 0 Å². The van der Waals surface area contributed by atoms with E-state index in [1.807, 2.05) is 0 Å². The molecule has 0 aromatic heterocycles. The van der Waals surface area contributed by atoms with Crippen LogP contribution in [0.15, 0.2) is 26.5 Å². The highest BCUT2D eigenvalue weighted by Gasteiger charge is 2.36. The zero-order valence-electron chi connectivity index (χ0n) is 26.7. The summed E-state index contributed by atoms with van der Waals surface area (Å²) in [4.78, 5) is 92.3. The molecule has 21 nitrogen and oxygen atoms in total. The highest BCUT2D eigenvalue weighted by atomic mass is 16.6. The van der Waals surface area contributed by atoms with E-state index in [-0.39, 0.29) is 13.2 Å². The maximum absolute atomic E-state index is 11.0. The summed E-state index contributed by atoms with van der Waals surface area (Å²) in [6.07, 6.45) is 1.32. The summed E-state index contributed by atoms with van der Waals surface area (Å²) >= 11 is 0. The lowest BCUT2D eigenvalue weighted by molar-refractivity contribution is -0.152. The minimum absolute atomic E-state index is 0.0487. The molecule has 0 bridgehead atoms. The summed E-state index contributed by atoms with van der Waals surface area (Å²) in [5, 5.41) is 17.8. The van der Waals surface area contributed by atoms with E-state index in [2.05, 4.69) is 72.6 Å². The molecule has 21 heteroatoms. The molecule has 0 atom stereocenters. The van der Waals surface area contributed by atoms with Crippen LogP contribution in [-0.4, -0.2) is 142 Å². The number of carboxylic acid groups (broad SMARTS) is 1. The van der Waals surface area contributed by atoms with E-state index in [4.69, 9.17) is 19.5 Å². The Labute approximate surface area is 260 Å². The number of rotatable bonds is 8. The molecule has 0 rings (SSSR count). The largest absolute Gasteiger partial charge is 0.481 e. The van der Waals surface area contributed by atoms with Gasteiger partial charge in [-0.3, -0.25) is 4.79 Å². The molecule has 0 aliphatic carbocycles. The van der Waals surface area contributed by atoms with Crippen LogP contribution in [0.25, 0.3) is 0 Å². The van der Waals surface area contributed by atoms with Crippen molar-refractivity contribution in [3.63, 3.8) is 0 Å². The van der Waals surface area contributed by atoms with Gasteiger partial charge in [0.05, 0.1) is 0 Å². The van der Waals surface area contributed by atoms with E-state index in [0.29, 0.717) is 0 Å². The molecule has 4 amide bonds. The first-order chi connectivity index (χ1) is 21.2. The first-order valence-electron chi connectivity index (χ1n) is 11.8. The SMILES string of the molecule is C=C=NC.CN=C=O.CN=C=O.CN=C=O.CNC(=O)OCC(C)(COC(=O)NC)C(=O)O.CNC(=O)OCCOC(=O)NC. The number of amides is 4. The molecule has 256 valence electrons. The number of hydrogen-bond acceptors (Lipinski definition) is 16. The second-order valence-corrected chi connectivity index (χ2v) is 6.62. The van der Waals surface area contributed by atoms with Gasteiger partial charge in [-0.05, 0) is 19.4 Å². The Kier molecular flexibility index (Phi) is 49.1. The molecule has 0 aliphatic heterocycles. The zero-order chi connectivity index (χ0) is 36.5. The number of carboxylic acids is 1. The Hall–Kier alpha value is -5.86. The lowest BCUT2D eigenvalue weighted by Gasteiger charge is -2.23. The molecular formula is C24H42N8O13. The Morgan fingerprint density at radius 1 is 0.622 bits per heavy atom. The highest BCUT2D eigenvalue weighted by Crippen LogP contribution is 2.18. The van der Waals surface area contributed by atoms with E-state index in [1.54, 1.807) is 7.05 Å². The van der Waals surface area contributed by atoms with Crippen LogP contribution in [0.1, 0.15) is 6.92 Å². The molecular weight excluding hydrogens is 608 g/mol. The van der Waals surface area contributed by atoms with Gasteiger partial charge in [-0.2, -0.15) is 0 Å².